The van der Waals surface area contributed by atoms with E-state index in [-0.39, 0.29) is 23.8 Å². The average molecular weight is 421 g/mol. The number of nitrogens with one attached hydrogen (secondary N) is 1. The van der Waals surface area contributed by atoms with Gasteiger partial charge in [-0.05, 0) is 51.0 Å². The zero-order valence-electron chi connectivity index (χ0n) is 16.6. The molecule has 0 spiro atoms. The molecule has 0 aliphatic carbocycles. The lowest BCUT2D eigenvalue weighted by Crippen LogP contribution is -2.52. The van der Waals surface area contributed by atoms with E-state index in [2.05, 4.69) is 5.32 Å². The normalized spacial score (nSPS) is 12.4. The Bertz CT molecular complexity index is 832. The van der Waals surface area contributed by atoms with E-state index in [0.29, 0.717) is 22.2 Å². The SMILES string of the molecule is C[C@H](C(=O)NC(C)(C)C)N(Cc1ccccc1)C(=O)Cc1ccc(Cl)cc1Cl. The Kier molecular flexibility index (Phi) is 7.50. The number of halogens is 2. The van der Waals surface area contributed by atoms with Gasteiger partial charge in [0.05, 0.1) is 6.42 Å². The minimum absolute atomic E-state index is 0.0932. The van der Waals surface area contributed by atoms with Gasteiger partial charge in [0, 0.05) is 22.1 Å². The van der Waals surface area contributed by atoms with E-state index in [4.69, 9.17) is 23.2 Å². The van der Waals surface area contributed by atoms with Crippen LogP contribution in [-0.2, 0) is 22.6 Å². The van der Waals surface area contributed by atoms with Gasteiger partial charge in [0.15, 0.2) is 0 Å². The summed E-state index contributed by atoms with van der Waals surface area (Å²) in [5, 5.41) is 3.90. The summed E-state index contributed by atoms with van der Waals surface area (Å²) < 4.78 is 0. The lowest BCUT2D eigenvalue weighted by Gasteiger charge is -2.31. The molecule has 0 fully saturated rings. The molecular weight excluding hydrogens is 395 g/mol. The summed E-state index contributed by atoms with van der Waals surface area (Å²) in [6.07, 6.45) is 0.0932. The van der Waals surface area contributed by atoms with E-state index in [9.17, 15) is 9.59 Å². The molecule has 0 bridgehead atoms. The van der Waals surface area contributed by atoms with Crippen molar-refractivity contribution in [3.63, 3.8) is 0 Å². The first-order valence-corrected chi connectivity index (χ1v) is 9.92. The number of benzene rings is 2. The van der Waals surface area contributed by atoms with Gasteiger partial charge in [-0.2, -0.15) is 0 Å². The molecule has 0 unspecified atom stereocenters. The van der Waals surface area contributed by atoms with Crippen LogP contribution in [0.1, 0.15) is 38.8 Å². The fourth-order valence-electron chi connectivity index (χ4n) is 2.77. The molecule has 1 atom stereocenters. The second-order valence-electron chi connectivity index (χ2n) is 7.83. The Morgan fingerprint density at radius 3 is 2.29 bits per heavy atom. The maximum Gasteiger partial charge on any atom is 0.242 e. The van der Waals surface area contributed by atoms with Crippen molar-refractivity contribution in [2.75, 3.05) is 0 Å². The summed E-state index contributed by atoms with van der Waals surface area (Å²) in [6, 6.07) is 14.0. The van der Waals surface area contributed by atoms with Gasteiger partial charge < -0.3 is 10.2 Å². The third kappa shape index (κ3) is 6.54. The molecule has 0 heterocycles. The molecule has 2 rings (SSSR count). The third-order valence-electron chi connectivity index (χ3n) is 4.22. The molecule has 0 aromatic heterocycles. The molecule has 2 aromatic rings. The molecule has 28 heavy (non-hydrogen) atoms. The second-order valence-corrected chi connectivity index (χ2v) is 8.68. The predicted molar refractivity (Wildman–Crippen MR) is 115 cm³/mol. The topological polar surface area (TPSA) is 49.4 Å². The minimum Gasteiger partial charge on any atom is -0.350 e. The maximum atomic E-state index is 13.1. The lowest BCUT2D eigenvalue weighted by atomic mass is 10.1. The molecule has 2 aromatic carbocycles. The number of carbonyl (C=O) groups is 2. The number of rotatable bonds is 6. The zero-order chi connectivity index (χ0) is 20.9. The third-order valence-corrected chi connectivity index (χ3v) is 4.80. The monoisotopic (exact) mass is 420 g/mol. The zero-order valence-corrected chi connectivity index (χ0v) is 18.1. The molecule has 2 amide bonds. The number of hydrogen-bond donors (Lipinski definition) is 1. The Hall–Kier alpha value is -2.04. The molecular formula is C22H26Cl2N2O2. The fraction of sp³-hybridized carbons (Fsp3) is 0.364. The quantitative estimate of drug-likeness (QED) is 0.724. The molecule has 1 N–H and O–H groups in total. The van der Waals surface area contributed by atoms with Crippen molar-refractivity contribution in [1.29, 1.82) is 0 Å². The van der Waals surface area contributed by atoms with Crippen LogP contribution >= 0.6 is 23.2 Å². The van der Waals surface area contributed by atoms with Gasteiger partial charge in [0.25, 0.3) is 0 Å². The van der Waals surface area contributed by atoms with E-state index >= 15 is 0 Å². The molecule has 0 saturated heterocycles. The van der Waals surface area contributed by atoms with Crippen LogP contribution < -0.4 is 5.32 Å². The molecule has 6 heteroatoms. The van der Waals surface area contributed by atoms with Gasteiger partial charge >= 0.3 is 0 Å². The first kappa shape index (κ1) is 22.3. The van der Waals surface area contributed by atoms with Crippen LogP contribution in [-0.4, -0.2) is 28.3 Å². The lowest BCUT2D eigenvalue weighted by molar-refractivity contribution is -0.140. The van der Waals surface area contributed by atoms with Crippen LogP contribution in [0, 0.1) is 0 Å². The van der Waals surface area contributed by atoms with Gasteiger partial charge in [-0.3, -0.25) is 9.59 Å². The maximum absolute atomic E-state index is 13.1. The summed E-state index contributed by atoms with van der Waals surface area (Å²) in [6.45, 7) is 7.81. The summed E-state index contributed by atoms with van der Waals surface area (Å²) >= 11 is 12.2. The Balaban J connectivity index is 2.25. The summed E-state index contributed by atoms with van der Waals surface area (Å²) in [4.78, 5) is 27.4. The van der Waals surface area contributed by atoms with Crippen LogP contribution in [0.15, 0.2) is 48.5 Å². The number of amides is 2. The highest BCUT2D eigenvalue weighted by atomic mass is 35.5. The van der Waals surface area contributed by atoms with E-state index in [1.165, 1.54) is 0 Å². The first-order valence-electron chi connectivity index (χ1n) is 9.16. The van der Waals surface area contributed by atoms with Gasteiger partial charge in [-0.25, -0.2) is 0 Å². The van der Waals surface area contributed by atoms with E-state index in [0.717, 1.165) is 5.56 Å². The van der Waals surface area contributed by atoms with Gasteiger partial charge in [0.1, 0.15) is 6.04 Å². The Morgan fingerprint density at radius 1 is 1.07 bits per heavy atom. The number of carbonyl (C=O) groups excluding carboxylic acids is 2. The highest BCUT2D eigenvalue weighted by molar-refractivity contribution is 6.35. The molecule has 0 aliphatic heterocycles. The second kappa shape index (κ2) is 9.44. The van der Waals surface area contributed by atoms with Gasteiger partial charge in [0.2, 0.25) is 11.8 Å². The van der Waals surface area contributed by atoms with Crippen molar-refractivity contribution >= 4 is 35.0 Å². The van der Waals surface area contributed by atoms with Crippen molar-refractivity contribution in [2.24, 2.45) is 0 Å². The van der Waals surface area contributed by atoms with Crippen molar-refractivity contribution in [3.05, 3.63) is 69.7 Å². The smallest absolute Gasteiger partial charge is 0.242 e. The largest absolute Gasteiger partial charge is 0.350 e. The molecule has 4 nitrogen and oxygen atoms in total. The van der Waals surface area contributed by atoms with Crippen LogP contribution in [0.25, 0.3) is 0 Å². The molecule has 0 radical (unpaired) electrons. The van der Waals surface area contributed by atoms with Gasteiger partial charge in [-0.1, -0.05) is 59.6 Å². The minimum atomic E-state index is -0.627. The van der Waals surface area contributed by atoms with E-state index in [1.54, 1.807) is 30.0 Å². The summed E-state index contributed by atoms with van der Waals surface area (Å²) in [7, 11) is 0. The standard InChI is InChI=1S/C22H26Cl2N2O2/c1-15(21(28)25-22(2,3)4)26(14-16-8-6-5-7-9-16)20(27)12-17-10-11-18(23)13-19(17)24/h5-11,13,15H,12,14H2,1-4H3,(H,25,28)/t15-/m1/s1. The van der Waals surface area contributed by atoms with Crippen molar-refractivity contribution in [2.45, 2.75) is 52.2 Å². The highest BCUT2D eigenvalue weighted by Crippen LogP contribution is 2.22. The Labute approximate surface area is 176 Å². The predicted octanol–water partition coefficient (Wildman–Crippen LogP) is 4.87. The van der Waals surface area contributed by atoms with E-state index < -0.39 is 6.04 Å². The number of hydrogen-bond acceptors (Lipinski definition) is 2. The van der Waals surface area contributed by atoms with Crippen LogP contribution in [0.5, 0.6) is 0 Å². The summed E-state index contributed by atoms with van der Waals surface area (Å²) in [5.41, 5.74) is 1.25. The van der Waals surface area contributed by atoms with Crippen molar-refractivity contribution in [1.82, 2.24) is 10.2 Å². The average Bonchev–Trinajstić information content (AvgIpc) is 2.61. The van der Waals surface area contributed by atoms with Crippen molar-refractivity contribution < 1.29 is 9.59 Å². The van der Waals surface area contributed by atoms with Crippen LogP contribution in [0.2, 0.25) is 10.0 Å². The van der Waals surface area contributed by atoms with E-state index in [1.807, 2.05) is 51.1 Å². The first-order chi connectivity index (χ1) is 13.1. The Morgan fingerprint density at radius 2 is 1.71 bits per heavy atom. The van der Waals surface area contributed by atoms with Crippen LogP contribution in [0.3, 0.4) is 0 Å². The van der Waals surface area contributed by atoms with Gasteiger partial charge in [-0.15, -0.1) is 0 Å². The molecule has 0 saturated carbocycles. The fourth-order valence-corrected chi connectivity index (χ4v) is 3.24. The van der Waals surface area contributed by atoms with Crippen LogP contribution in [0.4, 0.5) is 0 Å². The molecule has 0 aliphatic rings. The highest BCUT2D eigenvalue weighted by Gasteiger charge is 2.28. The number of nitrogens with zero attached hydrogens (tertiary/aromatic N) is 1. The summed E-state index contributed by atoms with van der Waals surface area (Å²) in [5.74, 6) is -0.372. The van der Waals surface area contributed by atoms with Crippen molar-refractivity contribution in [3.8, 4) is 0 Å². The molecule has 150 valence electrons.